The maximum Gasteiger partial charge on any atom is 0.407 e. The highest BCUT2D eigenvalue weighted by atomic mass is 16.6. The Morgan fingerprint density at radius 3 is 2.71 bits per heavy atom. The number of rotatable bonds is 5. The van der Waals surface area contributed by atoms with Gasteiger partial charge in [0.05, 0.1) is 0 Å². The predicted octanol–water partition coefficient (Wildman–Crippen LogP) is 3.14. The topological polar surface area (TPSA) is 67.4 Å². The standard InChI is InChI=1S/C19H28N2O3/c1-19(2,3)24-18(23)20-12-11-17(22)21-13-15-9-6-8-14-7-4-5-10-16(14)15/h4-5,7,10,15H,6,8-9,11-13H2,1-3H3,(H,20,23)(H,21,22). The van der Waals surface area contributed by atoms with Crippen LogP contribution in [-0.2, 0) is 16.0 Å². The van der Waals surface area contributed by atoms with Crippen LogP contribution >= 0.6 is 0 Å². The lowest BCUT2D eigenvalue weighted by Gasteiger charge is -2.25. The van der Waals surface area contributed by atoms with E-state index in [1.54, 1.807) is 20.8 Å². The quantitative estimate of drug-likeness (QED) is 0.870. The molecule has 24 heavy (non-hydrogen) atoms. The van der Waals surface area contributed by atoms with E-state index in [1.807, 2.05) is 0 Å². The SMILES string of the molecule is CC(C)(C)OC(=O)NCCC(=O)NCC1CCCc2ccccc21. The highest BCUT2D eigenvalue weighted by molar-refractivity contribution is 5.77. The molecule has 0 bridgehead atoms. The van der Waals surface area contributed by atoms with Gasteiger partial charge in [0.1, 0.15) is 5.60 Å². The van der Waals surface area contributed by atoms with Gasteiger partial charge in [-0.3, -0.25) is 4.79 Å². The van der Waals surface area contributed by atoms with E-state index in [9.17, 15) is 9.59 Å². The maximum atomic E-state index is 12.0. The number of aryl methyl sites for hydroxylation is 1. The van der Waals surface area contributed by atoms with Crippen molar-refractivity contribution in [3.63, 3.8) is 0 Å². The summed E-state index contributed by atoms with van der Waals surface area (Å²) in [7, 11) is 0. The number of carbonyl (C=O) groups is 2. The second kappa shape index (κ2) is 8.18. The van der Waals surface area contributed by atoms with Crippen LogP contribution in [0.2, 0.25) is 0 Å². The number of alkyl carbamates (subject to hydrolysis) is 1. The highest BCUT2D eigenvalue weighted by Gasteiger charge is 2.20. The summed E-state index contributed by atoms with van der Waals surface area (Å²) < 4.78 is 5.13. The van der Waals surface area contributed by atoms with Gasteiger partial charge in [-0.2, -0.15) is 0 Å². The lowest BCUT2D eigenvalue weighted by atomic mass is 9.83. The molecular formula is C19H28N2O3. The number of benzene rings is 1. The fourth-order valence-electron chi connectivity index (χ4n) is 2.98. The van der Waals surface area contributed by atoms with Crippen LogP contribution in [0, 0.1) is 0 Å². The van der Waals surface area contributed by atoms with Crippen molar-refractivity contribution in [3.05, 3.63) is 35.4 Å². The highest BCUT2D eigenvalue weighted by Crippen LogP contribution is 2.30. The molecule has 1 atom stereocenters. The molecule has 0 radical (unpaired) electrons. The van der Waals surface area contributed by atoms with E-state index in [-0.39, 0.29) is 18.9 Å². The van der Waals surface area contributed by atoms with Gasteiger partial charge in [0, 0.05) is 25.4 Å². The van der Waals surface area contributed by atoms with E-state index in [1.165, 1.54) is 11.1 Å². The van der Waals surface area contributed by atoms with Crippen molar-refractivity contribution in [1.82, 2.24) is 10.6 Å². The number of carbonyl (C=O) groups excluding carboxylic acids is 2. The zero-order valence-electron chi connectivity index (χ0n) is 14.9. The van der Waals surface area contributed by atoms with Crippen molar-refractivity contribution in [2.24, 2.45) is 0 Å². The predicted molar refractivity (Wildman–Crippen MR) is 94.0 cm³/mol. The summed E-state index contributed by atoms with van der Waals surface area (Å²) in [6.07, 6.45) is 3.16. The molecule has 2 N–H and O–H groups in total. The molecule has 2 rings (SSSR count). The van der Waals surface area contributed by atoms with Crippen molar-refractivity contribution in [3.8, 4) is 0 Å². The van der Waals surface area contributed by atoms with E-state index >= 15 is 0 Å². The molecule has 0 saturated heterocycles. The summed E-state index contributed by atoms with van der Waals surface area (Å²) in [4.78, 5) is 23.5. The first-order chi connectivity index (χ1) is 11.3. The molecule has 5 nitrogen and oxygen atoms in total. The van der Waals surface area contributed by atoms with Gasteiger partial charge in [0.2, 0.25) is 5.91 Å². The van der Waals surface area contributed by atoms with Crippen LogP contribution in [0.4, 0.5) is 4.79 Å². The van der Waals surface area contributed by atoms with Gasteiger partial charge in [0.15, 0.2) is 0 Å². The Hall–Kier alpha value is -2.04. The minimum absolute atomic E-state index is 0.0471. The van der Waals surface area contributed by atoms with Gasteiger partial charge in [-0.15, -0.1) is 0 Å². The third-order valence-corrected chi connectivity index (χ3v) is 4.06. The first-order valence-corrected chi connectivity index (χ1v) is 8.66. The Bertz CT molecular complexity index is 578. The molecule has 2 amide bonds. The number of fused-ring (bicyclic) bond motifs is 1. The second-order valence-corrected chi connectivity index (χ2v) is 7.27. The summed E-state index contributed by atoms with van der Waals surface area (Å²) in [6.45, 7) is 6.36. The van der Waals surface area contributed by atoms with Crippen LogP contribution in [0.3, 0.4) is 0 Å². The van der Waals surface area contributed by atoms with Gasteiger partial charge in [0.25, 0.3) is 0 Å². The minimum Gasteiger partial charge on any atom is -0.444 e. The molecule has 1 aromatic carbocycles. The van der Waals surface area contributed by atoms with Crippen LogP contribution < -0.4 is 10.6 Å². The molecule has 5 heteroatoms. The van der Waals surface area contributed by atoms with E-state index in [2.05, 4.69) is 34.9 Å². The van der Waals surface area contributed by atoms with Crippen molar-refractivity contribution in [1.29, 1.82) is 0 Å². The average Bonchev–Trinajstić information content (AvgIpc) is 2.51. The fourth-order valence-corrected chi connectivity index (χ4v) is 2.98. The number of nitrogens with one attached hydrogen (secondary N) is 2. The zero-order chi connectivity index (χ0) is 17.6. The number of ether oxygens (including phenoxy) is 1. The fraction of sp³-hybridized carbons (Fsp3) is 0.579. The molecule has 1 aliphatic rings. The molecule has 1 unspecified atom stereocenters. The van der Waals surface area contributed by atoms with Crippen LogP contribution in [0.25, 0.3) is 0 Å². The second-order valence-electron chi connectivity index (χ2n) is 7.27. The van der Waals surface area contributed by atoms with Gasteiger partial charge in [-0.05, 0) is 51.2 Å². The molecule has 0 saturated carbocycles. The molecule has 0 aromatic heterocycles. The van der Waals surface area contributed by atoms with E-state index in [0.717, 1.165) is 19.3 Å². The lowest BCUT2D eigenvalue weighted by Crippen LogP contribution is -2.36. The summed E-state index contributed by atoms with van der Waals surface area (Å²) in [5.41, 5.74) is 2.23. The third kappa shape index (κ3) is 5.87. The Kier molecular flexibility index (Phi) is 6.23. The molecule has 1 aromatic rings. The van der Waals surface area contributed by atoms with Gasteiger partial charge >= 0.3 is 6.09 Å². The molecular weight excluding hydrogens is 304 g/mol. The Labute approximate surface area is 144 Å². The summed E-state index contributed by atoms with van der Waals surface area (Å²) >= 11 is 0. The van der Waals surface area contributed by atoms with Gasteiger partial charge < -0.3 is 15.4 Å². The smallest absolute Gasteiger partial charge is 0.407 e. The third-order valence-electron chi connectivity index (χ3n) is 4.06. The number of amides is 2. The number of hydrogen-bond acceptors (Lipinski definition) is 3. The Balaban J connectivity index is 1.70. The van der Waals surface area contributed by atoms with Gasteiger partial charge in [-0.25, -0.2) is 4.79 Å². The summed E-state index contributed by atoms with van der Waals surface area (Å²) in [5.74, 6) is 0.340. The van der Waals surface area contributed by atoms with Crippen molar-refractivity contribution < 1.29 is 14.3 Å². The molecule has 1 aliphatic carbocycles. The summed E-state index contributed by atoms with van der Waals surface area (Å²) in [6, 6.07) is 8.47. The molecule has 0 spiro atoms. The Morgan fingerprint density at radius 1 is 1.21 bits per heavy atom. The van der Waals surface area contributed by atoms with Gasteiger partial charge in [-0.1, -0.05) is 24.3 Å². The first kappa shape index (κ1) is 18.3. The molecule has 0 heterocycles. The van der Waals surface area contributed by atoms with Crippen LogP contribution in [0.5, 0.6) is 0 Å². The van der Waals surface area contributed by atoms with E-state index in [0.29, 0.717) is 12.5 Å². The normalized spacial score (nSPS) is 16.9. The van der Waals surface area contributed by atoms with Crippen molar-refractivity contribution in [2.45, 2.75) is 58.0 Å². The van der Waals surface area contributed by atoms with Crippen LogP contribution in [0.1, 0.15) is 57.1 Å². The maximum absolute atomic E-state index is 12.0. The molecule has 0 fully saturated rings. The number of hydrogen-bond donors (Lipinski definition) is 2. The average molecular weight is 332 g/mol. The minimum atomic E-state index is -0.527. The Morgan fingerprint density at radius 2 is 1.96 bits per heavy atom. The van der Waals surface area contributed by atoms with Crippen LogP contribution in [0.15, 0.2) is 24.3 Å². The summed E-state index contributed by atoms with van der Waals surface area (Å²) in [5, 5.41) is 5.59. The van der Waals surface area contributed by atoms with E-state index < -0.39 is 11.7 Å². The van der Waals surface area contributed by atoms with E-state index in [4.69, 9.17) is 4.74 Å². The monoisotopic (exact) mass is 332 g/mol. The largest absolute Gasteiger partial charge is 0.444 e. The van der Waals surface area contributed by atoms with Crippen molar-refractivity contribution in [2.75, 3.05) is 13.1 Å². The lowest BCUT2D eigenvalue weighted by molar-refractivity contribution is -0.121. The zero-order valence-corrected chi connectivity index (χ0v) is 14.9. The first-order valence-electron chi connectivity index (χ1n) is 8.66. The molecule has 0 aliphatic heterocycles. The van der Waals surface area contributed by atoms with Crippen molar-refractivity contribution >= 4 is 12.0 Å². The molecule has 132 valence electrons. The van der Waals surface area contributed by atoms with Crippen LogP contribution in [-0.4, -0.2) is 30.7 Å².